The molecule has 0 aliphatic carbocycles. The van der Waals surface area contributed by atoms with Crippen LogP contribution in [0.2, 0.25) is 0 Å². The van der Waals surface area contributed by atoms with Crippen LogP contribution in [0.1, 0.15) is 0 Å². The summed E-state index contributed by atoms with van der Waals surface area (Å²) in [6, 6.07) is 0. The smallest absolute Gasteiger partial charge is 0.187 e. The Morgan fingerprint density at radius 3 is 1.91 bits per heavy atom. The molecule has 0 bridgehead atoms. The first kappa shape index (κ1) is 20.6. The number of aliphatic hydroxyl groups excluding tert-OH is 9. The van der Waals surface area contributed by atoms with Crippen LogP contribution >= 0.6 is 0 Å². The van der Waals surface area contributed by atoms with Crippen molar-refractivity contribution in [2.75, 3.05) is 19.8 Å². The highest BCUT2D eigenvalue weighted by Gasteiger charge is 2.46. The highest BCUT2D eigenvalue weighted by Crippen LogP contribution is 2.24. The van der Waals surface area contributed by atoms with E-state index in [-0.39, 0.29) is 0 Å². The van der Waals surface area contributed by atoms with Crippen LogP contribution in [-0.2, 0) is 9.47 Å². The van der Waals surface area contributed by atoms with Crippen LogP contribution < -0.4 is 0 Å². The first-order valence-electron chi connectivity index (χ1n) is 7.00. The summed E-state index contributed by atoms with van der Waals surface area (Å²) < 4.78 is 10.1. The quantitative estimate of drug-likeness (QED) is 0.203. The van der Waals surface area contributed by atoms with Crippen molar-refractivity contribution < 1.29 is 55.4 Å². The third-order valence-electron chi connectivity index (χ3n) is 3.65. The Morgan fingerprint density at radius 2 is 1.43 bits per heavy atom. The molecule has 0 amide bonds. The van der Waals surface area contributed by atoms with E-state index in [1.54, 1.807) is 0 Å². The van der Waals surface area contributed by atoms with Gasteiger partial charge in [0, 0.05) is 0 Å². The first-order valence-corrected chi connectivity index (χ1v) is 7.00. The zero-order chi connectivity index (χ0) is 17.7. The molecule has 1 heterocycles. The third-order valence-corrected chi connectivity index (χ3v) is 3.65. The molecule has 23 heavy (non-hydrogen) atoms. The van der Waals surface area contributed by atoms with Gasteiger partial charge in [0.05, 0.1) is 19.8 Å². The van der Waals surface area contributed by atoms with E-state index in [4.69, 9.17) is 19.7 Å². The second-order valence-corrected chi connectivity index (χ2v) is 5.29. The Balaban J connectivity index is 2.77. The standard InChI is InChI=1S/C12H24O11/c13-1-4(16)7(17)8(18)5(2-14)22-12-11(21)10(20)9(19)6(3-15)23-12/h4-21H,1-3H2/t4-,5+,6+,7+,8+,9+,10-,11+,12-/m0/s1. The fourth-order valence-electron chi connectivity index (χ4n) is 2.14. The van der Waals surface area contributed by atoms with E-state index < -0.39 is 74.9 Å². The van der Waals surface area contributed by atoms with Gasteiger partial charge < -0.3 is 55.4 Å². The van der Waals surface area contributed by atoms with Crippen LogP contribution in [0.15, 0.2) is 0 Å². The first-order chi connectivity index (χ1) is 10.8. The lowest BCUT2D eigenvalue weighted by Gasteiger charge is -2.41. The molecule has 1 fully saturated rings. The topological polar surface area (TPSA) is 201 Å². The summed E-state index contributed by atoms with van der Waals surface area (Å²) in [6.07, 6.45) is -14.9. The summed E-state index contributed by atoms with van der Waals surface area (Å²) in [4.78, 5) is 0. The van der Waals surface area contributed by atoms with E-state index in [1.807, 2.05) is 0 Å². The molecule has 11 heteroatoms. The molecule has 0 aromatic rings. The summed E-state index contributed by atoms with van der Waals surface area (Å²) in [5.74, 6) is 0. The van der Waals surface area contributed by atoms with Crippen molar-refractivity contribution in [3.63, 3.8) is 0 Å². The van der Waals surface area contributed by atoms with Gasteiger partial charge in [0.2, 0.25) is 0 Å². The van der Waals surface area contributed by atoms with E-state index in [0.717, 1.165) is 0 Å². The second-order valence-electron chi connectivity index (χ2n) is 5.29. The summed E-state index contributed by atoms with van der Waals surface area (Å²) in [5.41, 5.74) is 0. The Morgan fingerprint density at radius 1 is 0.826 bits per heavy atom. The molecule has 0 spiro atoms. The fourth-order valence-corrected chi connectivity index (χ4v) is 2.14. The third kappa shape index (κ3) is 4.78. The molecular formula is C12H24O11. The molecule has 9 N–H and O–H groups in total. The lowest BCUT2D eigenvalue weighted by atomic mass is 9.99. The Kier molecular flexibility index (Phi) is 8.20. The molecule has 0 radical (unpaired) electrons. The molecule has 0 unspecified atom stereocenters. The Bertz CT molecular complexity index is 341. The predicted octanol–water partition coefficient (Wildman–Crippen LogP) is -5.76. The van der Waals surface area contributed by atoms with Crippen molar-refractivity contribution in [3.05, 3.63) is 0 Å². The van der Waals surface area contributed by atoms with Crippen LogP contribution in [0.4, 0.5) is 0 Å². The Hall–Kier alpha value is -0.440. The monoisotopic (exact) mass is 344 g/mol. The van der Waals surface area contributed by atoms with Crippen LogP contribution in [-0.4, -0.2) is 121 Å². The molecular weight excluding hydrogens is 320 g/mol. The minimum absolute atomic E-state index is 0.691. The summed E-state index contributed by atoms with van der Waals surface area (Å²) >= 11 is 0. The minimum Gasteiger partial charge on any atom is -0.394 e. The average Bonchev–Trinajstić information content (AvgIpc) is 2.57. The maximum atomic E-state index is 9.83. The molecule has 1 aliphatic heterocycles. The molecule has 1 rings (SSSR count). The highest BCUT2D eigenvalue weighted by atomic mass is 16.7. The minimum atomic E-state index is -1.86. The molecule has 0 saturated carbocycles. The van der Waals surface area contributed by atoms with Crippen LogP contribution in [0, 0.1) is 0 Å². The molecule has 1 aliphatic rings. The number of aliphatic hydroxyl groups is 9. The summed E-state index contributed by atoms with van der Waals surface area (Å²) in [7, 11) is 0. The second kappa shape index (κ2) is 9.15. The zero-order valence-electron chi connectivity index (χ0n) is 12.2. The average molecular weight is 344 g/mol. The molecule has 138 valence electrons. The molecule has 11 nitrogen and oxygen atoms in total. The van der Waals surface area contributed by atoms with E-state index in [1.165, 1.54) is 0 Å². The van der Waals surface area contributed by atoms with Gasteiger partial charge in [-0.05, 0) is 0 Å². The SMILES string of the molecule is OC[C@H](O)[C@@H](O)[C@H](O)[C@@H](CO)O[C@H]1O[C@H](CO)[C@@H](O)[C@H](O)[C@H]1O. The van der Waals surface area contributed by atoms with Gasteiger partial charge in [0.25, 0.3) is 0 Å². The Labute approximate surface area is 131 Å². The van der Waals surface area contributed by atoms with Crippen molar-refractivity contribution in [1.29, 1.82) is 0 Å². The molecule has 9 atom stereocenters. The number of hydrogen-bond donors (Lipinski definition) is 9. The van der Waals surface area contributed by atoms with Gasteiger partial charge in [0.15, 0.2) is 6.29 Å². The molecule has 0 aromatic heterocycles. The molecule has 0 aromatic carbocycles. The lowest BCUT2D eigenvalue weighted by molar-refractivity contribution is -0.322. The van der Waals surface area contributed by atoms with E-state index in [2.05, 4.69) is 0 Å². The van der Waals surface area contributed by atoms with Crippen LogP contribution in [0.3, 0.4) is 0 Å². The van der Waals surface area contributed by atoms with E-state index in [0.29, 0.717) is 0 Å². The lowest BCUT2D eigenvalue weighted by Crippen LogP contribution is -2.61. The van der Waals surface area contributed by atoms with Crippen LogP contribution in [0.25, 0.3) is 0 Å². The van der Waals surface area contributed by atoms with Gasteiger partial charge in [-0.3, -0.25) is 0 Å². The maximum absolute atomic E-state index is 9.83. The number of ether oxygens (including phenoxy) is 2. The van der Waals surface area contributed by atoms with Crippen molar-refractivity contribution in [2.24, 2.45) is 0 Å². The van der Waals surface area contributed by atoms with Crippen molar-refractivity contribution >= 4 is 0 Å². The molecule has 1 saturated heterocycles. The van der Waals surface area contributed by atoms with Gasteiger partial charge in [0.1, 0.15) is 48.8 Å². The van der Waals surface area contributed by atoms with Gasteiger partial charge in [-0.1, -0.05) is 0 Å². The van der Waals surface area contributed by atoms with Crippen molar-refractivity contribution in [1.82, 2.24) is 0 Å². The van der Waals surface area contributed by atoms with E-state index >= 15 is 0 Å². The van der Waals surface area contributed by atoms with Gasteiger partial charge in [-0.15, -0.1) is 0 Å². The van der Waals surface area contributed by atoms with Crippen LogP contribution in [0.5, 0.6) is 0 Å². The van der Waals surface area contributed by atoms with E-state index in [9.17, 15) is 35.7 Å². The van der Waals surface area contributed by atoms with Gasteiger partial charge in [-0.25, -0.2) is 0 Å². The van der Waals surface area contributed by atoms with Gasteiger partial charge >= 0.3 is 0 Å². The summed E-state index contributed by atoms with van der Waals surface area (Å²) in [6.45, 7) is -2.40. The van der Waals surface area contributed by atoms with Crippen molar-refractivity contribution in [2.45, 2.75) is 55.1 Å². The zero-order valence-corrected chi connectivity index (χ0v) is 12.2. The van der Waals surface area contributed by atoms with Gasteiger partial charge in [-0.2, -0.15) is 0 Å². The highest BCUT2D eigenvalue weighted by molar-refractivity contribution is 4.90. The number of rotatable bonds is 8. The fraction of sp³-hybridized carbons (Fsp3) is 1.00. The largest absolute Gasteiger partial charge is 0.394 e. The normalized spacial score (nSPS) is 37.2. The maximum Gasteiger partial charge on any atom is 0.187 e. The summed E-state index contributed by atoms with van der Waals surface area (Å²) in [5, 5.41) is 84.7. The number of hydrogen-bond acceptors (Lipinski definition) is 11. The van der Waals surface area contributed by atoms with Crippen molar-refractivity contribution in [3.8, 4) is 0 Å². The predicted molar refractivity (Wildman–Crippen MR) is 70.8 cm³/mol.